The van der Waals surface area contributed by atoms with Crippen molar-refractivity contribution in [2.24, 2.45) is 5.73 Å². The summed E-state index contributed by atoms with van der Waals surface area (Å²) in [6, 6.07) is 2.29. The van der Waals surface area contributed by atoms with Crippen molar-refractivity contribution in [3.05, 3.63) is 35.4 Å². The second-order valence-electron chi connectivity index (χ2n) is 3.79. The molecule has 0 aliphatic rings. The van der Waals surface area contributed by atoms with Gasteiger partial charge in [0, 0.05) is 12.3 Å². The summed E-state index contributed by atoms with van der Waals surface area (Å²) in [7, 11) is -3.21. The van der Waals surface area contributed by atoms with Crippen molar-refractivity contribution in [1.82, 2.24) is 0 Å². The maximum atomic E-state index is 13.2. The minimum Gasteiger partial charge on any atom is -0.326 e. The summed E-state index contributed by atoms with van der Waals surface area (Å²) in [6.45, 7) is 0. The molecule has 0 heterocycles. The normalized spacial score (nSPS) is 13.8. The fourth-order valence-corrected chi connectivity index (χ4v) is 2.33. The van der Waals surface area contributed by atoms with Gasteiger partial charge in [-0.05, 0) is 30.2 Å². The molecule has 6 heteroatoms. The monoisotopic (exact) mass is 249 g/mol. The molecule has 1 aromatic carbocycles. The third-order valence-corrected chi connectivity index (χ3v) is 3.04. The Morgan fingerprint density at radius 2 is 2.00 bits per heavy atom. The highest BCUT2D eigenvalue weighted by atomic mass is 32.2. The topological polar surface area (TPSA) is 60.2 Å². The molecule has 0 aliphatic heterocycles. The Balaban J connectivity index is 2.77. The van der Waals surface area contributed by atoms with Crippen molar-refractivity contribution in [2.75, 3.05) is 12.0 Å². The van der Waals surface area contributed by atoms with Gasteiger partial charge in [-0.15, -0.1) is 0 Å². The van der Waals surface area contributed by atoms with Crippen LogP contribution in [0.3, 0.4) is 0 Å². The summed E-state index contributed by atoms with van der Waals surface area (Å²) in [5.74, 6) is -1.39. The van der Waals surface area contributed by atoms with Crippen LogP contribution in [0.5, 0.6) is 0 Å². The molecule has 0 amide bonds. The fourth-order valence-electron chi connectivity index (χ4n) is 1.43. The summed E-state index contributed by atoms with van der Waals surface area (Å²) in [4.78, 5) is 0. The van der Waals surface area contributed by atoms with Crippen LogP contribution in [0.1, 0.15) is 5.56 Å². The number of nitrogens with two attached hydrogens (primary N) is 1. The molecule has 0 radical (unpaired) electrons. The number of halogens is 2. The summed E-state index contributed by atoms with van der Waals surface area (Å²) in [5.41, 5.74) is 5.64. The van der Waals surface area contributed by atoms with Crippen LogP contribution in [0.25, 0.3) is 0 Å². The van der Waals surface area contributed by atoms with E-state index >= 15 is 0 Å². The summed E-state index contributed by atoms with van der Waals surface area (Å²) < 4.78 is 47.9. The van der Waals surface area contributed by atoms with Crippen molar-refractivity contribution in [1.29, 1.82) is 0 Å². The standard InChI is InChI=1S/C10H13F2NO2S/c1-16(14,15)6-9(13)5-7-4-8(11)2-3-10(7)12/h2-4,9H,5-6,13H2,1H3. The van der Waals surface area contributed by atoms with Gasteiger partial charge in [-0.2, -0.15) is 0 Å². The van der Waals surface area contributed by atoms with Gasteiger partial charge in [0.1, 0.15) is 21.5 Å². The molecule has 1 atom stereocenters. The third kappa shape index (κ3) is 4.24. The van der Waals surface area contributed by atoms with Crippen LogP contribution in [0.15, 0.2) is 18.2 Å². The largest absolute Gasteiger partial charge is 0.326 e. The lowest BCUT2D eigenvalue weighted by Crippen LogP contribution is -2.31. The minimum atomic E-state index is -3.21. The molecular formula is C10H13F2NO2S. The van der Waals surface area contributed by atoms with E-state index in [1.54, 1.807) is 0 Å². The van der Waals surface area contributed by atoms with Gasteiger partial charge in [-0.1, -0.05) is 0 Å². The lowest BCUT2D eigenvalue weighted by molar-refractivity contribution is 0.568. The van der Waals surface area contributed by atoms with E-state index in [0.717, 1.165) is 24.5 Å². The summed E-state index contributed by atoms with van der Waals surface area (Å²) >= 11 is 0. The van der Waals surface area contributed by atoms with Crippen LogP contribution in [0.4, 0.5) is 8.78 Å². The molecule has 16 heavy (non-hydrogen) atoms. The molecule has 0 saturated carbocycles. The molecule has 0 saturated heterocycles. The Hall–Kier alpha value is -1.01. The van der Waals surface area contributed by atoms with Crippen LogP contribution >= 0.6 is 0 Å². The molecule has 0 fully saturated rings. The Morgan fingerprint density at radius 1 is 1.38 bits per heavy atom. The van der Waals surface area contributed by atoms with Crippen molar-refractivity contribution >= 4 is 9.84 Å². The summed E-state index contributed by atoms with van der Waals surface area (Å²) in [5, 5.41) is 0. The zero-order chi connectivity index (χ0) is 12.3. The SMILES string of the molecule is CS(=O)(=O)CC(N)Cc1cc(F)ccc1F. The Labute approximate surface area is 93.2 Å². The molecule has 1 aromatic rings. The van der Waals surface area contributed by atoms with Crippen molar-refractivity contribution in [3.63, 3.8) is 0 Å². The van der Waals surface area contributed by atoms with Crippen molar-refractivity contribution in [2.45, 2.75) is 12.5 Å². The first-order valence-corrected chi connectivity index (χ1v) is 6.71. The number of sulfone groups is 1. The molecule has 0 aliphatic carbocycles. The second kappa shape index (κ2) is 4.88. The van der Waals surface area contributed by atoms with Gasteiger partial charge < -0.3 is 5.73 Å². The zero-order valence-corrected chi connectivity index (χ0v) is 9.60. The van der Waals surface area contributed by atoms with Gasteiger partial charge in [-0.25, -0.2) is 17.2 Å². The first kappa shape index (κ1) is 13.1. The maximum absolute atomic E-state index is 13.2. The van der Waals surface area contributed by atoms with E-state index in [1.165, 1.54) is 0 Å². The molecule has 90 valence electrons. The van der Waals surface area contributed by atoms with Gasteiger partial charge in [0.2, 0.25) is 0 Å². The average Bonchev–Trinajstić information content (AvgIpc) is 2.08. The van der Waals surface area contributed by atoms with Gasteiger partial charge in [-0.3, -0.25) is 0 Å². The van der Waals surface area contributed by atoms with E-state index in [4.69, 9.17) is 5.73 Å². The predicted molar refractivity (Wildman–Crippen MR) is 57.7 cm³/mol. The Bertz CT molecular complexity index is 474. The fraction of sp³-hybridized carbons (Fsp3) is 0.400. The quantitative estimate of drug-likeness (QED) is 0.861. The maximum Gasteiger partial charge on any atom is 0.148 e. The van der Waals surface area contributed by atoms with Crippen molar-refractivity contribution in [3.8, 4) is 0 Å². The van der Waals surface area contributed by atoms with Crippen LogP contribution in [-0.4, -0.2) is 26.5 Å². The molecular weight excluding hydrogens is 236 g/mol. The predicted octanol–water partition coefficient (Wildman–Crippen LogP) is 0.879. The summed E-state index contributed by atoms with van der Waals surface area (Å²) in [6.07, 6.45) is 1.05. The highest BCUT2D eigenvalue weighted by Gasteiger charge is 2.14. The number of hydrogen-bond donors (Lipinski definition) is 1. The van der Waals surface area contributed by atoms with Crippen LogP contribution in [0.2, 0.25) is 0 Å². The van der Waals surface area contributed by atoms with Crippen LogP contribution in [-0.2, 0) is 16.3 Å². The first-order valence-electron chi connectivity index (χ1n) is 4.65. The number of hydrogen-bond acceptors (Lipinski definition) is 3. The van der Waals surface area contributed by atoms with Crippen LogP contribution < -0.4 is 5.73 Å². The molecule has 1 unspecified atom stereocenters. The van der Waals surface area contributed by atoms with E-state index in [-0.39, 0.29) is 17.7 Å². The number of benzene rings is 1. The van der Waals surface area contributed by atoms with Crippen molar-refractivity contribution < 1.29 is 17.2 Å². The van der Waals surface area contributed by atoms with E-state index in [2.05, 4.69) is 0 Å². The molecule has 0 spiro atoms. The molecule has 3 nitrogen and oxygen atoms in total. The first-order chi connectivity index (χ1) is 7.28. The lowest BCUT2D eigenvalue weighted by Gasteiger charge is -2.10. The van der Waals surface area contributed by atoms with E-state index in [1.807, 2.05) is 0 Å². The Morgan fingerprint density at radius 3 is 2.56 bits per heavy atom. The highest BCUT2D eigenvalue weighted by Crippen LogP contribution is 2.11. The highest BCUT2D eigenvalue weighted by molar-refractivity contribution is 7.90. The molecule has 0 bridgehead atoms. The van der Waals surface area contributed by atoms with E-state index in [0.29, 0.717) is 0 Å². The van der Waals surface area contributed by atoms with Gasteiger partial charge in [0.15, 0.2) is 0 Å². The lowest BCUT2D eigenvalue weighted by atomic mass is 10.1. The molecule has 2 N–H and O–H groups in total. The van der Waals surface area contributed by atoms with Gasteiger partial charge in [0.25, 0.3) is 0 Å². The van der Waals surface area contributed by atoms with Crippen LogP contribution in [0, 0.1) is 11.6 Å². The minimum absolute atomic E-state index is 0.00331. The van der Waals surface area contributed by atoms with E-state index < -0.39 is 27.5 Å². The zero-order valence-electron chi connectivity index (χ0n) is 8.78. The van der Waals surface area contributed by atoms with Gasteiger partial charge >= 0.3 is 0 Å². The number of rotatable bonds is 4. The van der Waals surface area contributed by atoms with E-state index in [9.17, 15) is 17.2 Å². The second-order valence-corrected chi connectivity index (χ2v) is 5.98. The Kier molecular flexibility index (Phi) is 3.98. The smallest absolute Gasteiger partial charge is 0.148 e. The van der Waals surface area contributed by atoms with Gasteiger partial charge in [0.05, 0.1) is 5.75 Å². The average molecular weight is 249 g/mol. The third-order valence-electron chi connectivity index (χ3n) is 2.01. The molecule has 1 rings (SSSR count). The molecule has 0 aromatic heterocycles.